The predicted octanol–water partition coefficient (Wildman–Crippen LogP) is 2.31. The van der Waals surface area contributed by atoms with Crippen molar-refractivity contribution in [1.82, 2.24) is 0 Å². The number of isothiocyanates is 1. The van der Waals surface area contributed by atoms with Crippen LogP contribution in [0.25, 0.3) is 0 Å². The van der Waals surface area contributed by atoms with Gasteiger partial charge in [0.2, 0.25) is 0 Å². The zero-order valence-corrected chi connectivity index (χ0v) is 6.98. The fourth-order valence-corrected chi connectivity index (χ4v) is 0.888. The number of aliphatic imine (C=N–C) groups is 1. The smallest absolute Gasteiger partial charge is 0.0743 e. The Bertz CT molecular complexity index is 314. The van der Waals surface area contributed by atoms with E-state index in [1.54, 1.807) is 6.07 Å². The van der Waals surface area contributed by atoms with E-state index in [1.807, 2.05) is 19.1 Å². The molecule has 0 saturated carbocycles. The summed E-state index contributed by atoms with van der Waals surface area (Å²) < 4.78 is 0. The van der Waals surface area contributed by atoms with Gasteiger partial charge in [0.15, 0.2) is 0 Å². The standard InChI is InChI=1S/C8H8N2S/c1-6-4-7(10-5-11)2-3-8(6)9/h2-4H,9H2,1H3. The summed E-state index contributed by atoms with van der Waals surface area (Å²) >= 11 is 4.46. The van der Waals surface area contributed by atoms with Gasteiger partial charge in [0.25, 0.3) is 0 Å². The molecule has 2 nitrogen and oxygen atoms in total. The molecular weight excluding hydrogens is 156 g/mol. The average Bonchev–Trinajstić information content (AvgIpc) is 1.98. The Morgan fingerprint density at radius 2 is 2.27 bits per heavy atom. The van der Waals surface area contributed by atoms with E-state index in [0.717, 1.165) is 16.9 Å². The number of nitrogens with two attached hydrogens (primary N) is 1. The largest absolute Gasteiger partial charge is 0.399 e. The second-order valence-corrected chi connectivity index (χ2v) is 2.43. The maximum Gasteiger partial charge on any atom is 0.0743 e. The first-order valence-corrected chi connectivity index (χ1v) is 3.59. The van der Waals surface area contributed by atoms with E-state index in [1.165, 1.54) is 0 Å². The zero-order chi connectivity index (χ0) is 8.27. The van der Waals surface area contributed by atoms with Crippen molar-refractivity contribution < 1.29 is 0 Å². The fourth-order valence-electron chi connectivity index (χ4n) is 0.782. The van der Waals surface area contributed by atoms with E-state index >= 15 is 0 Å². The topological polar surface area (TPSA) is 38.4 Å². The van der Waals surface area contributed by atoms with Gasteiger partial charge in [-0.25, -0.2) is 0 Å². The van der Waals surface area contributed by atoms with Crippen molar-refractivity contribution in [2.24, 2.45) is 4.99 Å². The van der Waals surface area contributed by atoms with Crippen LogP contribution >= 0.6 is 12.2 Å². The molecule has 56 valence electrons. The number of nitrogen functional groups attached to an aromatic ring is 1. The van der Waals surface area contributed by atoms with Gasteiger partial charge in [0.05, 0.1) is 10.8 Å². The minimum Gasteiger partial charge on any atom is -0.399 e. The number of thiocarbonyl (C=S) groups is 1. The molecule has 0 spiro atoms. The molecule has 0 fully saturated rings. The van der Waals surface area contributed by atoms with Crippen LogP contribution < -0.4 is 5.73 Å². The number of aryl methyl sites for hydroxylation is 1. The molecule has 1 aromatic rings. The van der Waals surface area contributed by atoms with Crippen molar-refractivity contribution >= 4 is 28.8 Å². The second kappa shape index (κ2) is 3.28. The van der Waals surface area contributed by atoms with Gasteiger partial charge >= 0.3 is 0 Å². The van der Waals surface area contributed by atoms with Crippen LogP contribution in [-0.4, -0.2) is 5.16 Å². The van der Waals surface area contributed by atoms with Crippen molar-refractivity contribution in [3.05, 3.63) is 23.8 Å². The quantitative estimate of drug-likeness (QED) is 0.393. The summed E-state index contributed by atoms with van der Waals surface area (Å²) in [6.45, 7) is 1.93. The molecule has 1 aromatic carbocycles. The average molecular weight is 164 g/mol. The Labute approximate surface area is 70.8 Å². The number of rotatable bonds is 1. The maximum atomic E-state index is 5.60. The number of nitrogens with zero attached hydrogens (tertiary/aromatic N) is 1. The summed E-state index contributed by atoms with van der Waals surface area (Å²) in [5.74, 6) is 0. The van der Waals surface area contributed by atoms with Crippen LogP contribution in [-0.2, 0) is 0 Å². The number of hydrogen-bond acceptors (Lipinski definition) is 3. The number of hydrogen-bond donors (Lipinski definition) is 1. The highest BCUT2D eigenvalue weighted by atomic mass is 32.1. The van der Waals surface area contributed by atoms with Crippen LogP contribution in [0.15, 0.2) is 23.2 Å². The first kappa shape index (κ1) is 7.92. The molecule has 0 unspecified atom stereocenters. The molecule has 0 saturated heterocycles. The first-order valence-electron chi connectivity index (χ1n) is 3.18. The number of anilines is 1. The molecule has 0 amide bonds. The summed E-state index contributed by atoms with van der Waals surface area (Å²) in [4.78, 5) is 3.82. The Balaban J connectivity index is 3.14. The van der Waals surface area contributed by atoms with Crippen molar-refractivity contribution in [2.45, 2.75) is 6.92 Å². The Kier molecular flexibility index (Phi) is 2.36. The van der Waals surface area contributed by atoms with E-state index in [2.05, 4.69) is 22.4 Å². The SMILES string of the molecule is Cc1cc(N=C=S)ccc1N. The summed E-state index contributed by atoms with van der Waals surface area (Å²) in [7, 11) is 0. The highest BCUT2D eigenvalue weighted by Crippen LogP contribution is 2.18. The van der Waals surface area contributed by atoms with Gasteiger partial charge in [-0.2, -0.15) is 4.99 Å². The molecule has 11 heavy (non-hydrogen) atoms. The van der Waals surface area contributed by atoms with Gasteiger partial charge in [-0.05, 0) is 42.9 Å². The van der Waals surface area contributed by atoms with E-state index in [-0.39, 0.29) is 0 Å². The molecule has 0 aliphatic carbocycles. The third kappa shape index (κ3) is 1.87. The van der Waals surface area contributed by atoms with Crippen molar-refractivity contribution in [1.29, 1.82) is 0 Å². The third-order valence-corrected chi connectivity index (χ3v) is 1.52. The third-order valence-electron chi connectivity index (χ3n) is 1.43. The Morgan fingerprint density at radius 3 is 2.82 bits per heavy atom. The van der Waals surface area contributed by atoms with E-state index in [9.17, 15) is 0 Å². The van der Waals surface area contributed by atoms with Gasteiger partial charge in [-0.1, -0.05) is 0 Å². The molecule has 0 aliphatic heterocycles. The van der Waals surface area contributed by atoms with Gasteiger partial charge < -0.3 is 5.73 Å². The van der Waals surface area contributed by atoms with Crippen LogP contribution in [0.3, 0.4) is 0 Å². The van der Waals surface area contributed by atoms with Crippen LogP contribution in [0, 0.1) is 6.92 Å². The van der Waals surface area contributed by atoms with Crippen molar-refractivity contribution in [2.75, 3.05) is 5.73 Å². The van der Waals surface area contributed by atoms with Gasteiger partial charge in [0, 0.05) is 5.69 Å². The minimum absolute atomic E-state index is 0.772. The lowest BCUT2D eigenvalue weighted by molar-refractivity contribution is 1.44. The lowest BCUT2D eigenvalue weighted by Gasteiger charge is -1.98. The van der Waals surface area contributed by atoms with E-state index in [4.69, 9.17) is 5.73 Å². The second-order valence-electron chi connectivity index (χ2n) is 2.24. The minimum atomic E-state index is 0.772. The first-order chi connectivity index (χ1) is 5.24. The monoisotopic (exact) mass is 164 g/mol. The van der Waals surface area contributed by atoms with E-state index < -0.39 is 0 Å². The highest BCUT2D eigenvalue weighted by Gasteiger charge is 1.92. The highest BCUT2D eigenvalue weighted by molar-refractivity contribution is 7.78. The molecule has 0 atom stereocenters. The summed E-state index contributed by atoms with van der Waals surface area (Å²) in [6, 6.07) is 5.48. The molecule has 0 aromatic heterocycles. The molecule has 1 rings (SSSR count). The van der Waals surface area contributed by atoms with Crippen LogP contribution in [0.2, 0.25) is 0 Å². The summed E-state index contributed by atoms with van der Waals surface area (Å²) in [6.07, 6.45) is 0. The maximum absolute atomic E-state index is 5.60. The Hall–Kier alpha value is -1.18. The van der Waals surface area contributed by atoms with Crippen LogP contribution in [0.5, 0.6) is 0 Å². The van der Waals surface area contributed by atoms with Crippen molar-refractivity contribution in [3.8, 4) is 0 Å². The summed E-state index contributed by atoms with van der Waals surface area (Å²) in [5, 5.41) is 2.30. The van der Waals surface area contributed by atoms with Crippen molar-refractivity contribution in [3.63, 3.8) is 0 Å². The summed E-state index contributed by atoms with van der Waals surface area (Å²) in [5.41, 5.74) is 8.18. The Morgan fingerprint density at radius 1 is 1.55 bits per heavy atom. The molecule has 0 radical (unpaired) electrons. The van der Waals surface area contributed by atoms with Gasteiger partial charge in [-0.3, -0.25) is 0 Å². The molecular formula is C8H8N2S. The predicted molar refractivity (Wildman–Crippen MR) is 50.3 cm³/mol. The van der Waals surface area contributed by atoms with Crippen LogP contribution in [0.1, 0.15) is 5.56 Å². The van der Waals surface area contributed by atoms with E-state index in [0.29, 0.717) is 0 Å². The van der Waals surface area contributed by atoms with Gasteiger partial charge in [-0.15, -0.1) is 0 Å². The number of benzene rings is 1. The van der Waals surface area contributed by atoms with Gasteiger partial charge in [0.1, 0.15) is 0 Å². The van der Waals surface area contributed by atoms with Crippen LogP contribution in [0.4, 0.5) is 11.4 Å². The normalized spacial score (nSPS) is 8.82. The fraction of sp³-hybridized carbons (Fsp3) is 0.125. The molecule has 3 heteroatoms. The molecule has 0 bridgehead atoms. The lowest BCUT2D eigenvalue weighted by Crippen LogP contribution is -1.86. The zero-order valence-electron chi connectivity index (χ0n) is 6.16. The molecule has 2 N–H and O–H groups in total. The molecule has 0 aliphatic rings. The lowest BCUT2D eigenvalue weighted by atomic mass is 10.2. The molecule has 0 heterocycles.